The van der Waals surface area contributed by atoms with Crippen molar-refractivity contribution in [3.63, 3.8) is 0 Å². The van der Waals surface area contributed by atoms with E-state index < -0.39 is 10.2 Å². The summed E-state index contributed by atoms with van der Waals surface area (Å²) in [5, 5.41) is 9.98. The minimum absolute atomic E-state index is 0.110. The highest BCUT2D eigenvalue weighted by molar-refractivity contribution is 7.86. The lowest BCUT2D eigenvalue weighted by Gasteiger charge is -2.39. The molecule has 1 amide bonds. The number of aromatic nitrogens is 3. The molecule has 2 aliphatic rings. The van der Waals surface area contributed by atoms with Crippen molar-refractivity contribution in [1.29, 1.82) is 0 Å². The molecule has 1 aromatic heterocycles. The molecule has 22 heavy (non-hydrogen) atoms. The van der Waals surface area contributed by atoms with E-state index in [0.717, 1.165) is 23.8 Å². The van der Waals surface area contributed by atoms with E-state index >= 15 is 0 Å². The smallest absolute Gasteiger partial charge is 0.291 e. The zero-order chi connectivity index (χ0) is 15.9. The van der Waals surface area contributed by atoms with Crippen molar-refractivity contribution in [1.82, 2.24) is 28.7 Å². The van der Waals surface area contributed by atoms with Gasteiger partial charge in [0.1, 0.15) is 0 Å². The number of nitrogens with zero attached hydrogens (tertiary/aromatic N) is 5. The van der Waals surface area contributed by atoms with Gasteiger partial charge in [-0.2, -0.15) is 22.0 Å². The lowest BCUT2D eigenvalue weighted by atomic mass is 10.2. The van der Waals surface area contributed by atoms with Crippen molar-refractivity contribution in [3.05, 3.63) is 5.82 Å². The third kappa shape index (κ3) is 2.66. The van der Waals surface area contributed by atoms with Gasteiger partial charge in [-0.15, -0.1) is 5.10 Å². The molecule has 10 nitrogen and oxygen atoms in total. The van der Waals surface area contributed by atoms with Gasteiger partial charge < -0.3 is 10.6 Å². The second-order valence-electron chi connectivity index (χ2n) is 5.54. The number of fused-ring (bicyclic) bond motifs is 1. The van der Waals surface area contributed by atoms with Gasteiger partial charge in [0.25, 0.3) is 16.1 Å². The van der Waals surface area contributed by atoms with Gasteiger partial charge in [-0.05, 0) is 6.42 Å². The van der Waals surface area contributed by atoms with E-state index in [-0.39, 0.29) is 30.9 Å². The van der Waals surface area contributed by atoms with Gasteiger partial charge in [0.2, 0.25) is 11.8 Å². The first kappa shape index (κ1) is 15.2. The van der Waals surface area contributed by atoms with Crippen LogP contribution < -0.4 is 10.6 Å². The van der Waals surface area contributed by atoms with E-state index in [0.29, 0.717) is 5.95 Å². The zero-order valence-electron chi connectivity index (χ0n) is 12.5. The summed E-state index contributed by atoms with van der Waals surface area (Å²) in [7, 11) is -0.446. The van der Waals surface area contributed by atoms with Gasteiger partial charge in [0.05, 0.1) is 6.04 Å². The highest BCUT2D eigenvalue weighted by Crippen LogP contribution is 2.16. The first-order valence-corrected chi connectivity index (χ1v) is 8.45. The minimum atomic E-state index is -3.41. The normalized spacial score (nSPS) is 19.4. The number of hydrogen-bond acceptors (Lipinski definition) is 6. The van der Waals surface area contributed by atoms with Gasteiger partial charge in [-0.1, -0.05) is 0 Å². The van der Waals surface area contributed by atoms with E-state index in [1.54, 1.807) is 4.68 Å². The highest BCUT2D eigenvalue weighted by atomic mass is 32.2. The van der Waals surface area contributed by atoms with Crippen LogP contribution >= 0.6 is 0 Å². The Morgan fingerprint density at radius 2 is 2.14 bits per heavy atom. The number of anilines is 1. The first-order valence-electron chi connectivity index (χ1n) is 7.05. The van der Waals surface area contributed by atoms with E-state index in [1.165, 1.54) is 18.4 Å². The molecule has 2 N–H and O–H groups in total. The summed E-state index contributed by atoms with van der Waals surface area (Å²) < 4.78 is 27.8. The maximum Gasteiger partial charge on any atom is 0.291 e. The van der Waals surface area contributed by atoms with Crippen LogP contribution in [-0.4, -0.2) is 77.5 Å². The van der Waals surface area contributed by atoms with Gasteiger partial charge in [0.15, 0.2) is 0 Å². The lowest BCUT2D eigenvalue weighted by molar-refractivity contribution is 0.0882. The largest absolute Gasteiger partial charge is 0.354 e. The van der Waals surface area contributed by atoms with Gasteiger partial charge >= 0.3 is 0 Å². The Kier molecular flexibility index (Phi) is 3.78. The van der Waals surface area contributed by atoms with Gasteiger partial charge in [0, 0.05) is 40.3 Å². The molecule has 3 heterocycles. The Hall–Kier alpha value is -1.72. The maximum absolute atomic E-state index is 12.1. The summed E-state index contributed by atoms with van der Waals surface area (Å²) in [6.07, 6.45) is 0.942. The van der Waals surface area contributed by atoms with Crippen LogP contribution in [0.15, 0.2) is 0 Å². The standard InChI is InChI=1S/C11H19N7O3S/c1-16(2)22(20,21)17-6-8(7-17)13-10(19)9-14-11-12-4-3-5-18(11)15-9/h8H,3-7H2,1-2H3,(H,13,19)(H,12,14,15). The minimum Gasteiger partial charge on any atom is -0.354 e. The monoisotopic (exact) mass is 329 g/mol. The molecule has 0 unspecified atom stereocenters. The molecule has 1 saturated heterocycles. The number of aryl methyl sites for hydroxylation is 1. The molecule has 3 rings (SSSR count). The SMILES string of the molecule is CN(C)S(=O)(=O)N1CC(NC(=O)c2nc3n(n2)CCCN3)C1. The Balaban J connectivity index is 1.57. The molecule has 122 valence electrons. The van der Waals surface area contributed by atoms with Crippen molar-refractivity contribution in [3.8, 4) is 0 Å². The summed E-state index contributed by atoms with van der Waals surface area (Å²) in [4.78, 5) is 16.2. The summed E-state index contributed by atoms with van der Waals surface area (Å²) in [5.41, 5.74) is 0. The fourth-order valence-electron chi connectivity index (χ4n) is 2.35. The van der Waals surface area contributed by atoms with Crippen LogP contribution in [0.25, 0.3) is 0 Å². The molecule has 1 aromatic rings. The van der Waals surface area contributed by atoms with E-state index in [9.17, 15) is 13.2 Å². The fourth-order valence-corrected chi connectivity index (χ4v) is 3.55. The molecule has 0 aromatic carbocycles. The van der Waals surface area contributed by atoms with Crippen molar-refractivity contribution in [2.75, 3.05) is 39.0 Å². The van der Waals surface area contributed by atoms with E-state index in [2.05, 4.69) is 20.7 Å². The van der Waals surface area contributed by atoms with Crippen LogP contribution in [0, 0.1) is 0 Å². The second kappa shape index (κ2) is 5.48. The fraction of sp³-hybridized carbons (Fsp3) is 0.727. The van der Waals surface area contributed by atoms with Crippen LogP contribution in [0.5, 0.6) is 0 Å². The number of hydrogen-bond donors (Lipinski definition) is 2. The van der Waals surface area contributed by atoms with Crippen LogP contribution in [0.1, 0.15) is 17.0 Å². The van der Waals surface area contributed by atoms with Crippen molar-refractivity contribution in [2.24, 2.45) is 0 Å². The Labute approximate surface area is 128 Å². The highest BCUT2D eigenvalue weighted by Gasteiger charge is 2.38. The molecule has 11 heteroatoms. The Bertz CT molecular complexity index is 654. The third-order valence-electron chi connectivity index (χ3n) is 3.68. The summed E-state index contributed by atoms with van der Waals surface area (Å²) in [5.74, 6) is 0.329. The third-order valence-corrected chi connectivity index (χ3v) is 5.55. The number of amides is 1. The number of carbonyl (C=O) groups excluding carboxylic acids is 1. The summed E-state index contributed by atoms with van der Waals surface area (Å²) in [6.45, 7) is 2.08. The van der Waals surface area contributed by atoms with Gasteiger partial charge in [-0.3, -0.25) is 4.79 Å². The van der Waals surface area contributed by atoms with Crippen LogP contribution in [0.2, 0.25) is 0 Å². The van der Waals surface area contributed by atoms with E-state index in [4.69, 9.17) is 0 Å². The summed E-state index contributed by atoms with van der Waals surface area (Å²) in [6, 6.07) is -0.212. The molecule has 0 saturated carbocycles. The summed E-state index contributed by atoms with van der Waals surface area (Å²) >= 11 is 0. The molecule has 0 aliphatic carbocycles. The van der Waals surface area contributed by atoms with Crippen molar-refractivity contribution in [2.45, 2.75) is 19.0 Å². The Morgan fingerprint density at radius 3 is 2.77 bits per heavy atom. The number of nitrogens with one attached hydrogen (secondary N) is 2. The lowest BCUT2D eigenvalue weighted by Crippen LogP contribution is -2.62. The maximum atomic E-state index is 12.1. The molecule has 0 atom stereocenters. The molecular formula is C11H19N7O3S. The average molecular weight is 329 g/mol. The molecular weight excluding hydrogens is 310 g/mol. The quantitative estimate of drug-likeness (QED) is 0.682. The zero-order valence-corrected chi connectivity index (χ0v) is 13.3. The number of carbonyl (C=O) groups is 1. The average Bonchev–Trinajstić information content (AvgIpc) is 2.85. The van der Waals surface area contributed by atoms with E-state index in [1.807, 2.05) is 0 Å². The number of rotatable bonds is 4. The van der Waals surface area contributed by atoms with Gasteiger partial charge in [-0.25, -0.2) is 4.68 Å². The Morgan fingerprint density at radius 1 is 1.41 bits per heavy atom. The molecule has 0 spiro atoms. The van der Waals surface area contributed by atoms with Crippen LogP contribution in [0.3, 0.4) is 0 Å². The second-order valence-corrected chi connectivity index (χ2v) is 7.68. The predicted molar refractivity (Wildman–Crippen MR) is 78.6 cm³/mol. The molecule has 0 bridgehead atoms. The van der Waals surface area contributed by atoms with Crippen molar-refractivity contribution >= 4 is 22.1 Å². The molecule has 0 radical (unpaired) electrons. The predicted octanol–water partition coefficient (Wildman–Crippen LogP) is -1.69. The molecule has 1 fully saturated rings. The van der Waals surface area contributed by atoms with Crippen LogP contribution in [0.4, 0.5) is 5.95 Å². The molecule has 2 aliphatic heterocycles. The first-order chi connectivity index (χ1) is 10.4. The van der Waals surface area contributed by atoms with Crippen molar-refractivity contribution < 1.29 is 13.2 Å². The topological polar surface area (TPSA) is 112 Å². The van der Waals surface area contributed by atoms with Crippen LogP contribution in [-0.2, 0) is 16.8 Å².